The second-order valence-electron chi connectivity index (χ2n) is 9.70. The molecule has 0 radical (unpaired) electrons. The lowest BCUT2D eigenvalue weighted by atomic mass is 9.92. The quantitative estimate of drug-likeness (QED) is 0.156. The first-order valence-electron chi connectivity index (χ1n) is 14.2. The van der Waals surface area contributed by atoms with Gasteiger partial charge < -0.3 is 0 Å². The molecule has 1 heterocycles. The molecule has 0 bridgehead atoms. The van der Waals surface area contributed by atoms with Gasteiger partial charge in [0.15, 0.2) is 0 Å². The van der Waals surface area contributed by atoms with Gasteiger partial charge in [0, 0.05) is 10.7 Å². The number of halogens is 2. The summed E-state index contributed by atoms with van der Waals surface area (Å²) >= 11 is 9.56. The molecule has 3 aromatic rings. The van der Waals surface area contributed by atoms with E-state index < -0.39 is 0 Å². The number of hydrogen-bond donors (Lipinski definition) is 0. The third kappa shape index (κ3) is 11.3. The lowest BCUT2D eigenvalue weighted by molar-refractivity contribution is 0.443. The Morgan fingerprint density at radius 3 is 2.21 bits per heavy atom. The third-order valence-corrected chi connectivity index (χ3v) is 7.65. The minimum absolute atomic E-state index is 0.684. The monoisotopic (exact) mass is 610 g/mol. The molecular formula is C35H48BrClN2. The van der Waals surface area contributed by atoms with Crippen molar-refractivity contribution in [1.82, 2.24) is 9.78 Å². The average Bonchev–Trinajstić information content (AvgIpc) is 3.25. The van der Waals surface area contributed by atoms with Gasteiger partial charge in [-0.2, -0.15) is 5.10 Å². The Morgan fingerprint density at radius 1 is 1.05 bits per heavy atom. The highest BCUT2D eigenvalue weighted by Gasteiger charge is 2.15. The number of rotatable bonds is 11. The Bertz CT molecular complexity index is 1200. The van der Waals surface area contributed by atoms with E-state index in [1.54, 1.807) is 0 Å². The molecule has 0 unspecified atom stereocenters. The van der Waals surface area contributed by atoms with Crippen molar-refractivity contribution in [3.05, 3.63) is 111 Å². The smallest absolute Gasteiger partial charge is 0.0639 e. The van der Waals surface area contributed by atoms with Gasteiger partial charge in [-0.1, -0.05) is 114 Å². The van der Waals surface area contributed by atoms with Crippen molar-refractivity contribution in [1.29, 1.82) is 0 Å². The van der Waals surface area contributed by atoms with Gasteiger partial charge in [-0.3, -0.25) is 0 Å². The Balaban J connectivity index is 0.000000487. The van der Waals surface area contributed by atoms with E-state index in [1.807, 2.05) is 45.2 Å². The highest BCUT2D eigenvalue weighted by atomic mass is 79.9. The van der Waals surface area contributed by atoms with Crippen LogP contribution in [-0.2, 0) is 6.42 Å². The van der Waals surface area contributed by atoms with Crippen LogP contribution in [0.3, 0.4) is 0 Å². The van der Waals surface area contributed by atoms with Crippen LogP contribution >= 0.6 is 27.5 Å². The first-order valence-corrected chi connectivity index (χ1v) is 15.4. The third-order valence-electron chi connectivity index (χ3n) is 6.52. The first kappa shape index (κ1) is 34.7. The van der Waals surface area contributed by atoms with Gasteiger partial charge in [0.05, 0.1) is 16.4 Å². The van der Waals surface area contributed by atoms with Crippen molar-refractivity contribution >= 4 is 38.8 Å². The second-order valence-corrected chi connectivity index (χ2v) is 11.0. The molecular weight excluding hydrogens is 564 g/mol. The molecule has 0 spiro atoms. The normalized spacial score (nSPS) is 10.9. The van der Waals surface area contributed by atoms with Crippen molar-refractivity contribution in [3.63, 3.8) is 0 Å². The van der Waals surface area contributed by atoms with E-state index in [0.29, 0.717) is 5.92 Å². The molecule has 0 fully saturated rings. The number of nitrogens with zero attached hydrogens (tertiary/aromatic N) is 2. The van der Waals surface area contributed by atoms with Crippen LogP contribution in [0.5, 0.6) is 0 Å². The maximum Gasteiger partial charge on any atom is 0.0639 e. The van der Waals surface area contributed by atoms with Crippen LogP contribution < -0.4 is 0 Å². The first-order chi connectivity index (χ1) is 18.7. The largest absolute Gasteiger partial charge is 0.241 e. The summed E-state index contributed by atoms with van der Waals surface area (Å²) < 4.78 is 3.12. The van der Waals surface area contributed by atoms with Crippen molar-refractivity contribution < 1.29 is 0 Å². The van der Waals surface area contributed by atoms with Crippen LogP contribution in [-0.4, -0.2) is 9.78 Å². The van der Waals surface area contributed by atoms with Crippen LogP contribution in [0.1, 0.15) is 87.7 Å². The minimum Gasteiger partial charge on any atom is -0.241 e. The van der Waals surface area contributed by atoms with Crippen molar-refractivity contribution in [2.75, 3.05) is 0 Å². The molecule has 0 saturated heterocycles. The fourth-order valence-electron chi connectivity index (χ4n) is 4.53. The molecule has 4 heteroatoms. The van der Waals surface area contributed by atoms with Gasteiger partial charge in [0.25, 0.3) is 0 Å². The Labute approximate surface area is 252 Å². The van der Waals surface area contributed by atoms with E-state index in [-0.39, 0.29) is 0 Å². The van der Waals surface area contributed by atoms with Crippen LogP contribution in [0.25, 0.3) is 11.3 Å². The zero-order valence-electron chi connectivity index (χ0n) is 25.2. The molecule has 2 aromatic carbocycles. The molecule has 0 amide bonds. The summed E-state index contributed by atoms with van der Waals surface area (Å²) in [5.41, 5.74) is 8.22. The number of aromatic nitrogens is 2. The topological polar surface area (TPSA) is 17.8 Å². The number of aryl methyl sites for hydroxylation is 2. The van der Waals surface area contributed by atoms with Gasteiger partial charge in [0.1, 0.15) is 0 Å². The van der Waals surface area contributed by atoms with Gasteiger partial charge in [0.2, 0.25) is 0 Å². The average molecular weight is 612 g/mol. The van der Waals surface area contributed by atoms with Crippen molar-refractivity contribution in [3.8, 4) is 0 Å². The zero-order chi connectivity index (χ0) is 29.4. The maximum atomic E-state index is 5.96. The van der Waals surface area contributed by atoms with Crippen molar-refractivity contribution in [2.24, 2.45) is 5.92 Å². The highest BCUT2D eigenvalue weighted by Crippen LogP contribution is 2.30. The molecule has 0 aliphatic rings. The van der Waals surface area contributed by atoms with E-state index in [1.165, 1.54) is 48.1 Å². The predicted octanol–water partition coefficient (Wildman–Crippen LogP) is 11.8. The summed E-state index contributed by atoms with van der Waals surface area (Å²) in [6.07, 6.45) is 12.8. The van der Waals surface area contributed by atoms with Crippen LogP contribution in [0.15, 0.2) is 78.4 Å². The second kappa shape index (κ2) is 18.8. The summed E-state index contributed by atoms with van der Waals surface area (Å²) in [6, 6.07) is 14.5. The van der Waals surface area contributed by atoms with Gasteiger partial charge in [-0.05, 0) is 95.4 Å². The molecule has 0 atom stereocenters. The van der Waals surface area contributed by atoms with Gasteiger partial charge in [-0.15, -0.1) is 6.58 Å². The van der Waals surface area contributed by atoms with Crippen LogP contribution in [0.4, 0.5) is 0 Å². The molecule has 212 valence electrons. The lowest BCUT2D eigenvalue weighted by Gasteiger charge is -2.19. The number of benzene rings is 2. The summed E-state index contributed by atoms with van der Waals surface area (Å²) in [6.45, 7) is 22.8. The molecule has 2 nitrogen and oxygen atoms in total. The molecule has 39 heavy (non-hydrogen) atoms. The van der Waals surface area contributed by atoms with E-state index >= 15 is 0 Å². The summed E-state index contributed by atoms with van der Waals surface area (Å²) in [7, 11) is 0. The molecule has 0 saturated carbocycles. The SMILES string of the molecule is C=C(/C=C(/CC(CCC)CCC)n1ncc(Br)c1C)c1ccccc1C.C=CCc1ccc(C)cc1Cl.CC. The fourth-order valence-corrected chi connectivity index (χ4v) is 5.10. The zero-order valence-corrected chi connectivity index (χ0v) is 27.5. The lowest BCUT2D eigenvalue weighted by Crippen LogP contribution is -2.09. The molecule has 0 aliphatic carbocycles. The number of hydrogen-bond acceptors (Lipinski definition) is 1. The number of allylic oxidation sites excluding steroid dienone is 4. The molecule has 1 aromatic heterocycles. The molecule has 0 N–H and O–H groups in total. The molecule has 3 rings (SSSR count). The molecule has 0 aliphatic heterocycles. The van der Waals surface area contributed by atoms with E-state index in [0.717, 1.165) is 39.2 Å². The van der Waals surface area contributed by atoms with Gasteiger partial charge >= 0.3 is 0 Å². The standard InChI is InChI=1S/C23H31BrN2.C10H11Cl.C2H6/c1-6-10-20(11-7-2)15-21(26-19(5)23(24)16-25-26)14-18(4)22-13-9-8-12-17(22)3;1-3-4-9-6-5-8(2)7-10(9)11;1-2/h8-9,12-14,16,20H,4,6-7,10-11,15H2,1-3,5H3;3,5-7H,1,4H2,2H3;1-2H3/b21-14-;;. The summed E-state index contributed by atoms with van der Waals surface area (Å²) in [5.74, 6) is 0.684. The Hall–Kier alpha value is -2.36. The van der Waals surface area contributed by atoms with Crippen LogP contribution in [0, 0.1) is 26.7 Å². The Morgan fingerprint density at radius 2 is 1.69 bits per heavy atom. The van der Waals surface area contributed by atoms with E-state index in [2.05, 4.69) is 103 Å². The fraction of sp³-hybridized carbons (Fsp3) is 0.400. The van der Waals surface area contributed by atoms with E-state index in [4.69, 9.17) is 11.6 Å². The van der Waals surface area contributed by atoms with Gasteiger partial charge in [-0.25, -0.2) is 4.68 Å². The summed E-state index contributed by atoms with van der Waals surface area (Å²) in [4.78, 5) is 0. The summed E-state index contributed by atoms with van der Waals surface area (Å²) in [5, 5.41) is 5.46. The maximum absolute atomic E-state index is 5.96. The van der Waals surface area contributed by atoms with Crippen molar-refractivity contribution in [2.45, 2.75) is 87.0 Å². The Kier molecular flexibility index (Phi) is 16.7. The predicted molar refractivity (Wildman–Crippen MR) is 179 cm³/mol. The van der Waals surface area contributed by atoms with Crippen LogP contribution in [0.2, 0.25) is 5.02 Å². The van der Waals surface area contributed by atoms with E-state index in [9.17, 15) is 0 Å². The highest BCUT2D eigenvalue weighted by molar-refractivity contribution is 9.10. The minimum atomic E-state index is 0.684.